The lowest BCUT2D eigenvalue weighted by Gasteiger charge is -2.05. The van der Waals surface area contributed by atoms with Crippen molar-refractivity contribution in [1.82, 2.24) is 4.98 Å². The third-order valence-corrected chi connectivity index (χ3v) is 5.99. The Labute approximate surface area is 186 Å². The van der Waals surface area contributed by atoms with E-state index in [1.165, 1.54) is 11.3 Å². The van der Waals surface area contributed by atoms with Crippen LogP contribution < -0.4 is 11.1 Å². The number of anilines is 1. The van der Waals surface area contributed by atoms with Crippen molar-refractivity contribution in [2.75, 3.05) is 5.43 Å². The molecule has 0 aliphatic rings. The molecule has 5 rings (SSSR count). The third kappa shape index (κ3) is 3.83. The Kier molecular flexibility index (Phi) is 5.02. The van der Waals surface area contributed by atoms with Gasteiger partial charge in [0.25, 0.3) is 0 Å². The van der Waals surface area contributed by atoms with Crippen LogP contribution in [0.3, 0.4) is 0 Å². The van der Waals surface area contributed by atoms with E-state index in [4.69, 9.17) is 16.0 Å². The summed E-state index contributed by atoms with van der Waals surface area (Å²) in [6.07, 6.45) is 0. The van der Waals surface area contributed by atoms with Crippen molar-refractivity contribution in [3.05, 3.63) is 93.1 Å². The van der Waals surface area contributed by atoms with Gasteiger partial charge in [-0.25, -0.2) is 9.78 Å². The van der Waals surface area contributed by atoms with E-state index in [2.05, 4.69) is 15.5 Å². The van der Waals surface area contributed by atoms with E-state index in [-0.39, 0.29) is 0 Å². The molecule has 0 bridgehead atoms. The molecule has 7 heteroatoms. The number of thiazole rings is 1. The van der Waals surface area contributed by atoms with E-state index in [0.29, 0.717) is 27.0 Å². The van der Waals surface area contributed by atoms with E-state index in [1.54, 1.807) is 6.92 Å². The van der Waals surface area contributed by atoms with Crippen molar-refractivity contribution < 1.29 is 4.42 Å². The van der Waals surface area contributed by atoms with Gasteiger partial charge in [-0.3, -0.25) is 5.43 Å². The van der Waals surface area contributed by atoms with Crippen LogP contribution >= 0.6 is 22.9 Å². The number of aromatic nitrogens is 1. The molecule has 0 atom stereocenters. The molecule has 1 N–H and O–H groups in total. The maximum atomic E-state index is 12.5. The van der Waals surface area contributed by atoms with Gasteiger partial charge in [0, 0.05) is 21.4 Å². The molecule has 0 aliphatic heterocycles. The summed E-state index contributed by atoms with van der Waals surface area (Å²) in [6, 6.07) is 21.1. The van der Waals surface area contributed by atoms with Gasteiger partial charge in [-0.1, -0.05) is 54.1 Å². The molecule has 0 saturated carbocycles. The van der Waals surface area contributed by atoms with Crippen LogP contribution in [0.2, 0.25) is 5.02 Å². The average Bonchev–Trinajstić information content (AvgIpc) is 3.26. The van der Waals surface area contributed by atoms with Crippen molar-refractivity contribution in [2.24, 2.45) is 5.10 Å². The molecule has 0 aliphatic carbocycles. The van der Waals surface area contributed by atoms with Gasteiger partial charge in [0.2, 0.25) is 5.13 Å². The summed E-state index contributed by atoms with van der Waals surface area (Å²) < 4.78 is 5.56. The lowest BCUT2D eigenvalue weighted by Crippen LogP contribution is -2.13. The summed E-state index contributed by atoms with van der Waals surface area (Å²) >= 11 is 7.38. The minimum Gasteiger partial charge on any atom is -0.422 e. The van der Waals surface area contributed by atoms with Crippen LogP contribution in [-0.4, -0.2) is 10.7 Å². The summed E-state index contributed by atoms with van der Waals surface area (Å²) in [6.45, 7) is 1.77. The fraction of sp³-hybridized carbons (Fsp3) is 0.0417. The number of hydrogen-bond acceptors (Lipinski definition) is 6. The van der Waals surface area contributed by atoms with Gasteiger partial charge in [0.05, 0.1) is 17.0 Å². The van der Waals surface area contributed by atoms with Crippen molar-refractivity contribution in [3.63, 3.8) is 0 Å². The minimum atomic E-state index is -0.424. The van der Waals surface area contributed by atoms with Crippen molar-refractivity contribution in [1.29, 1.82) is 0 Å². The second-order valence-electron chi connectivity index (χ2n) is 7.00. The van der Waals surface area contributed by atoms with E-state index < -0.39 is 5.63 Å². The Bertz CT molecular complexity index is 1500. The number of halogens is 1. The smallest absolute Gasteiger partial charge is 0.345 e. The van der Waals surface area contributed by atoms with Gasteiger partial charge < -0.3 is 4.42 Å². The molecule has 0 fully saturated rings. The van der Waals surface area contributed by atoms with Crippen LogP contribution in [0.25, 0.3) is 33.0 Å². The fourth-order valence-corrected chi connectivity index (χ4v) is 4.18. The Balaban J connectivity index is 1.46. The van der Waals surface area contributed by atoms with Crippen molar-refractivity contribution >= 4 is 55.5 Å². The number of benzene rings is 3. The van der Waals surface area contributed by atoms with Crippen LogP contribution in [0, 0.1) is 0 Å². The first kappa shape index (κ1) is 19.5. The maximum absolute atomic E-state index is 12.5. The Hall–Kier alpha value is -3.48. The predicted molar refractivity (Wildman–Crippen MR) is 128 cm³/mol. The summed E-state index contributed by atoms with van der Waals surface area (Å²) in [5.41, 5.74) is 5.80. The fourth-order valence-electron chi connectivity index (χ4n) is 3.39. The molecular formula is C24H16ClN3O2S. The van der Waals surface area contributed by atoms with Crippen LogP contribution in [0.1, 0.15) is 12.5 Å². The Morgan fingerprint density at radius 2 is 1.87 bits per heavy atom. The lowest BCUT2D eigenvalue weighted by molar-refractivity contribution is 0.559. The van der Waals surface area contributed by atoms with Crippen LogP contribution in [0.5, 0.6) is 0 Å². The van der Waals surface area contributed by atoms with Crippen molar-refractivity contribution in [2.45, 2.75) is 6.92 Å². The SMILES string of the molecule is CC(=NNc1nc(-c2ccc(Cl)cc2)cs1)c1cc2c(ccc3ccccc32)oc1=O. The molecule has 5 aromatic rings. The first-order chi connectivity index (χ1) is 15.1. The number of nitrogens with zero attached hydrogens (tertiary/aromatic N) is 2. The van der Waals surface area contributed by atoms with Crippen LogP contribution in [0.4, 0.5) is 5.13 Å². The number of nitrogens with one attached hydrogen (secondary N) is 1. The number of rotatable bonds is 4. The Morgan fingerprint density at radius 1 is 1.06 bits per heavy atom. The highest BCUT2D eigenvalue weighted by Crippen LogP contribution is 2.27. The molecule has 0 saturated heterocycles. The molecule has 3 aromatic carbocycles. The van der Waals surface area contributed by atoms with Gasteiger partial charge in [-0.15, -0.1) is 11.3 Å². The second-order valence-corrected chi connectivity index (χ2v) is 8.29. The van der Waals surface area contributed by atoms with E-state index >= 15 is 0 Å². The van der Waals surface area contributed by atoms with E-state index in [9.17, 15) is 4.79 Å². The molecule has 5 nitrogen and oxygen atoms in total. The lowest BCUT2D eigenvalue weighted by atomic mass is 10.0. The molecule has 0 radical (unpaired) electrons. The van der Waals surface area contributed by atoms with Gasteiger partial charge >= 0.3 is 5.63 Å². The molecule has 0 unspecified atom stereocenters. The van der Waals surface area contributed by atoms with Gasteiger partial charge in [-0.2, -0.15) is 5.10 Å². The summed E-state index contributed by atoms with van der Waals surface area (Å²) in [5, 5.41) is 10.6. The molecule has 2 heterocycles. The van der Waals surface area contributed by atoms with Crippen LogP contribution in [-0.2, 0) is 0 Å². The quantitative estimate of drug-likeness (QED) is 0.147. The number of hydrogen-bond donors (Lipinski definition) is 1. The third-order valence-electron chi connectivity index (χ3n) is 5.00. The zero-order valence-electron chi connectivity index (χ0n) is 16.4. The first-order valence-corrected chi connectivity index (χ1v) is 10.8. The zero-order chi connectivity index (χ0) is 21.4. The van der Waals surface area contributed by atoms with Crippen molar-refractivity contribution in [3.8, 4) is 11.3 Å². The summed E-state index contributed by atoms with van der Waals surface area (Å²) in [5.74, 6) is 0. The van der Waals surface area contributed by atoms with Gasteiger partial charge in [0.15, 0.2) is 0 Å². The zero-order valence-corrected chi connectivity index (χ0v) is 18.0. The molecule has 0 spiro atoms. The van der Waals surface area contributed by atoms with Gasteiger partial charge in [0.1, 0.15) is 5.58 Å². The molecule has 0 amide bonds. The monoisotopic (exact) mass is 445 g/mol. The van der Waals surface area contributed by atoms with Crippen LogP contribution in [0.15, 0.2) is 86.4 Å². The standard InChI is InChI=1S/C24H16ClN3O2S/c1-14(27-28-24-26-21(13-31-24)16-6-9-17(25)10-7-16)19-12-20-18-5-3-2-4-15(18)8-11-22(20)30-23(19)29/h2-13H,1H3,(H,26,28). The highest BCUT2D eigenvalue weighted by atomic mass is 35.5. The topological polar surface area (TPSA) is 67.5 Å². The maximum Gasteiger partial charge on any atom is 0.345 e. The normalized spacial score (nSPS) is 11.9. The first-order valence-electron chi connectivity index (χ1n) is 9.56. The number of fused-ring (bicyclic) bond motifs is 3. The molecule has 152 valence electrons. The number of hydrazone groups is 1. The Morgan fingerprint density at radius 3 is 2.71 bits per heavy atom. The molecular weight excluding hydrogens is 430 g/mol. The molecule has 31 heavy (non-hydrogen) atoms. The predicted octanol–water partition coefficient (Wildman–Crippen LogP) is 6.56. The largest absolute Gasteiger partial charge is 0.422 e. The highest BCUT2D eigenvalue weighted by Gasteiger charge is 2.11. The summed E-state index contributed by atoms with van der Waals surface area (Å²) in [7, 11) is 0. The average molecular weight is 446 g/mol. The van der Waals surface area contributed by atoms with E-state index in [0.717, 1.165) is 27.4 Å². The molecule has 2 aromatic heterocycles. The summed E-state index contributed by atoms with van der Waals surface area (Å²) in [4.78, 5) is 17.1. The minimum absolute atomic E-state index is 0.408. The highest BCUT2D eigenvalue weighted by molar-refractivity contribution is 7.14. The van der Waals surface area contributed by atoms with E-state index in [1.807, 2.05) is 72.1 Å². The second kappa shape index (κ2) is 7.98. The van der Waals surface area contributed by atoms with Gasteiger partial charge in [-0.05, 0) is 42.0 Å².